The second-order valence-corrected chi connectivity index (χ2v) is 8.80. The molecule has 3 heterocycles. The molecule has 4 rings (SSSR count). The summed E-state index contributed by atoms with van der Waals surface area (Å²) in [6, 6.07) is 7.83. The van der Waals surface area contributed by atoms with Crippen LogP contribution in [0.5, 0.6) is 0 Å². The SMILES string of the molecule is CN(C)c1ncc(-c2cccc(Cl)c2)c(C2CCN(C(=O)CC3CCCO3)CC2)n1. The molecule has 1 unspecified atom stereocenters. The summed E-state index contributed by atoms with van der Waals surface area (Å²) < 4.78 is 5.63. The number of benzene rings is 1. The molecule has 2 fully saturated rings. The standard InChI is InChI=1S/C23H29ClN4O2/c1-27(2)23-25-15-20(17-5-3-6-18(24)13-17)22(26-23)16-8-10-28(11-9-16)21(29)14-19-7-4-12-30-19/h3,5-6,13,15-16,19H,4,7-12,14H2,1-2H3. The van der Waals surface area contributed by atoms with E-state index in [1.807, 2.05) is 54.4 Å². The fraction of sp³-hybridized carbons (Fsp3) is 0.522. The first kappa shape index (κ1) is 21.1. The molecule has 0 saturated carbocycles. The monoisotopic (exact) mass is 428 g/mol. The summed E-state index contributed by atoms with van der Waals surface area (Å²) in [6.45, 7) is 2.30. The van der Waals surface area contributed by atoms with Crippen molar-refractivity contribution in [2.45, 2.75) is 44.1 Å². The van der Waals surface area contributed by atoms with Gasteiger partial charge >= 0.3 is 0 Å². The first-order chi connectivity index (χ1) is 14.5. The highest BCUT2D eigenvalue weighted by atomic mass is 35.5. The van der Waals surface area contributed by atoms with Gasteiger partial charge in [-0.25, -0.2) is 9.97 Å². The molecule has 0 N–H and O–H groups in total. The highest BCUT2D eigenvalue weighted by molar-refractivity contribution is 6.30. The summed E-state index contributed by atoms with van der Waals surface area (Å²) in [6.07, 6.45) is 6.38. The number of rotatable bonds is 5. The lowest BCUT2D eigenvalue weighted by Gasteiger charge is -2.33. The van der Waals surface area contributed by atoms with E-state index in [9.17, 15) is 4.79 Å². The van der Waals surface area contributed by atoms with Gasteiger partial charge in [0.05, 0.1) is 18.2 Å². The van der Waals surface area contributed by atoms with Crippen molar-refractivity contribution in [2.24, 2.45) is 0 Å². The first-order valence-corrected chi connectivity index (χ1v) is 11.1. The van der Waals surface area contributed by atoms with Crippen molar-refractivity contribution in [3.05, 3.63) is 41.2 Å². The van der Waals surface area contributed by atoms with Gasteiger partial charge in [-0.1, -0.05) is 23.7 Å². The van der Waals surface area contributed by atoms with Crippen molar-refractivity contribution in [2.75, 3.05) is 38.7 Å². The van der Waals surface area contributed by atoms with Crippen LogP contribution in [0.25, 0.3) is 11.1 Å². The molecule has 1 aromatic carbocycles. The summed E-state index contributed by atoms with van der Waals surface area (Å²) in [7, 11) is 3.90. The lowest BCUT2D eigenvalue weighted by molar-refractivity contribution is -0.134. The van der Waals surface area contributed by atoms with Crippen molar-refractivity contribution in [1.29, 1.82) is 0 Å². The Morgan fingerprint density at radius 1 is 1.27 bits per heavy atom. The van der Waals surface area contributed by atoms with E-state index in [2.05, 4.69) is 4.98 Å². The van der Waals surface area contributed by atoms with Gasteiger partial charge in [-0.05, 0) is 43.4 Å². The third-order valence-corrected chi connectivity index (χ3v) is 6.24. The fourth-order valence-corrected chi connectivity index (χ4v) is 4.51. The largest absolute Gasteiger partial charge is 0.378 e. The normalized spacial score (nSPS) is 19.8. The number of anilines is 1. The zero-order valence-corrected chi connectivity index (χ0v) is 18.4. The van der Waals surface area contributed by atoms with Crippen LogP contribution in [0.3, 0.4) is 0 Å². The van der Waals surface area contributed by atoms with E-state index in [-0.39, 0.29) is 17.9 Å². The second-order valence-electron chi connectivity index (χ2n) is 8.37. The van der Waals surface area contributed by atoms with Gasteiger partial charge in [0.2, 0.25) is 11.9 Å². The maximum Gasteiger partial charge on any atom is 0.225 e. The third-order valence-electron chi connectivity index (χ3n) is 6.00. The zero-order chi connectivity index (χ0) is 21.1. The lowest BCUT2D eigenvalue weighted by Crippen LogP contribution is -2.39. The smallest absolute Gasteiger partial charge is 0.225 e. The van der Waals surface area contributed by atoms with Gasteiger partial charge in [0.15, 0.2) is 0 Å². The Balaban J connectivity index is 1.51. The molecule has 0 aliphatic carbocycles. The highest BCUT2D eigenvalue weighted by Gasteiger charge is 2.29. The van der Waals surface area contributed by atoms with Gasteiger partial charge < -0.3 is 14.5 Å². The van der Waals surface area contributed by atoms with Crippen LogP contribution in [0.15, 0.2) is 30.5 Å². The number of nitrogens with zero attached hydrogens (tertiary/aromatic N) is 4. The van der Waals surface area contributed by atoms with E-state index in [1.54, 1.807) is 0 Å². The minimum absolute atomic E-state index is 0.106. The molecule has 2 aromatic rings. The number of hydrogen-bond acceptors (Lipinski definition) is 5. The summed E-state index contributed by atoms with van der Waals surface area (Å²) in [5, 5.41) is 0.699. The molecule has 2 aliphatic heterocycles. The van der Waals surface area contributed by atoms with Gasteiger partial charge in [-0.15, -0.1) is 0 Å². The Hall–Kier alpha value is -2.18. The average Bonchev–Trinajstić information content (AvgIpc) is 3.26. The molecule has 160 valence electrons. The maximum atomic E-state index is 12.7. The van der Waals surface area contributed by atoms with Crippen LogP contribution in [-0.2, 0) is 9.53 Å². The molecular weight excluding hydrogens is 400 g/mol. The third kappa shape index (κ3) is 4.76. The Morgan fingerprint density at radius 3 is 2.73 bits per heavy atom. The van der Waals surface area contributed by atoms with E-state index in [1.165, 1.54) is 0 Å². The van der Waals surface area contributed by atoms with Crippen molar-refractivity contribution >= 4 is 23.5 Å². The Bertz CT molecular complexity index is 891. The number of amides is 1. The van der Waals surface area contributed by atoms with Crippen molar-refractivity contribution < 1.29 is 9.53 Å². The maximum absolute atomic E-state index is 12.7. The molecule has 0 bridgehead atoms. The number of aromatic nitrogens is 2. The first-order valence-electron chi connectivity index (χ1n) is 10.7. The minimum atomic E-state index is 0.106. The van der Waals surface area contributed by atoms with Crippen molar-refractivity contribution in [3.8, 4) is 11.1 Å². The second kappa shape index (κ2) is 9.31. The topological polar surface area (TPSA) is 58.6 Å². The van der Waals surface area contributed by atoms with Crippen molar-refractivity contribution in [1.82, 2.24) is 14.9 Å². The number of ether oxygens (including phenoxy) is 1. The van der Waals surface area contributed by atoms with Crippen LogP contribution in [0, 0.1) is 0 Å². The van der Waals surface area contributed by atoms with Crippen molar-refractivity contribution in [3.63, 3.8) is 0 Å². The number of hydrogen-bond donors (Lipinski definition) is 0. The highest BCUT2D eigenvalue weighted by Crippen LogP contribution is 2.35. The minimum Gasteiger partial charge on any atom is -0.378 e. The van der Waals surface area contributed by atoms with Gasteiger partial charge in [0.25, 0.3) is 0 Å². The van der Waals surface area contributed by atoms with Gasteiger partial charge in [-0.2, -0.15) is 0 Å². The van der Waals surface area contributed by atoms with Gasteiger partial charge in [0, 0.05) is 56.5 Å². The average molecular weight is 429 g/mol. The number of likely N-dealkylation sites (tertiary alicyclic amines) is 1. The number of halogens is 1. The van der Waals surface area contributed by atoms with E-state index in [0.717, 1.165) is 62.2 Å². The Kier molecular flexibility index (Phi) is 6.54. The van der Waals surface area contributed by atoms with Crippen LogP contribution in [0.2, 0.25) is 5.02 Å². The van der Waals surface area contributed by atoms with Crippen LogP contribution >= 0.6 is 11.6 Å². The predicted octanol–water partition coefficient (Wildman–Crippen LogP) is 4.14. The van der Waals surface area contributed by atoms with Gasteiger partial charge in [0.1, 0.15) is 0 Å². The van der Waals surface area contributed by atoms with E-state index in [4.69, 9.17) is 21.3 Å². The van der Waals surface area contributed by atoms with E-state index in [0.29, 0.717) is 17.4 Å². The van der Waals surface area contributed by atoms with Crippen LogP contribution in [0.4, 0.5) is 5.95 Å². The summed E-state index contributed by atoms with van der Waals surface area (Å²) in [5.74, 6) is 1.20. The summed E-state index contributed by atoms with van der Waals surface area (Å²) in [5.41, 5.74) is 3.09. The van der Waals surface area contributed by atoms with Gasteiger partial charge in [-0.3, -0.25) is 4.79 Å². The molecule has 0 radical (unpaired) electrons. The Labute approximate surface area is 183 Å². The quantitative estimate of drug-likeness (QED) is 0.716. The van der Waals surface area contributed by atoms with Crippen LogP contribution in [-0.4, -0.2) is 60.7 Å². The fourth-order valence-electron chi connectivity index (χ4n) is 4.32. The zero-order valence-electron chi connectivity index (χ0n) is 17.7. The molecule has 1 amide bonds. The molecule has 7 heteroatoms. The molecule has 2 saturated heterocycles. The molecule has 6 nitrogen and oxygen atoms in total. The molecular formula is C23H29ClN4O2. The molecule has 1 aromatic heterocycles. The molecule has 30 heavy (non-hydrogen) atoms. The molecule has 1 atom stereocenters. The summed E-state index contributed by atoms with van der Waals surface area (Å²) >= 11 is 6.23. The van der Waals surface area contributed by atoms with E-state index < -0.39 is 0 Å². The molecule has 0 spiro atoms. The number of piperidine rings is 1. The number of carbonyl (C=O) groups excluding carboxylic acids is 1. The molecule has 2 aliphatic rings. The van der Waals surface area contributed by atoms with Crippen LogP contribution in [0.1, 0.15) is 43.7 Å². The lowest BCUT2D eigenvalue weighted by atomic mass is 9.88. The number of carbonyl (C=O) groups is 1. The summed E-state index contributed by atoms with van der Waals surface area (Å²) in [4.78, 5) is 26.0. The predicted molar refractivity (Wildman–Crippen MR) is 119 cm³/mol. The van der Waals surface area contributed by atoms with Crippen LogP contribution < -0.4 is 4.90 Å². The Morgan fingerprint density at radius 2 is 2.07 bits per heavy atom. The van der Waals surface area contributed by atoms with E-state index >= 15 is 0 Å².